The highest BCUT2D eigenvalue weighted by Crippen LogP contribution is 2.51. The number of phenols is 1. The number of aryl methyl sites for hydroxylation is 1. The quantitative estimate of drug-likeness (QED) is 0.205. The number of anilines is 2. The van der Waals surface area contributed by atoms with E-state index in [1.165, 1.54) is 27.8 Å². The first-order valence-corrected chi connectivity index (χ1v) is 14.1. The topological polar surface area (TPSA) is 32.7 Å². The van der Waals surface area contributed by atoms with Crippen LogP contribution in [0.25, 0.3) is 0 Å². The number of nitrogens with zero attached hydrogens (tertiary/aromatic N) is 1. The number of hydrogen-bond acceptors (Lipinski definition) is 3. The molecule has 1 N–H and O–H groups in total. The van der Waals surface area contributed by atoms with Crippen molar-refractivity contribution in [3.63, 3.8) is 0 Å². The summed E-state index contributed by atoms with van der Waals surface area (Å²) in [5, 5.41) is 12.2. The molecule has 0 aliphatic carbocycles. The number of rotatable bonds is 11. The average Bonchev–Trinajstić information content (AvgIpc) is 2.94. The monoisotopic (exact) mass is 511 g/mol. The fourth-order valence-corrected chi connectivity index (χ4v) is 7.00. The SMILES string of the molecule is CCCC(CC)(Pc1ccc(C)cc1CN(c1ccccc1)c1ccccc1)c1cc(OC)ccc1O. The lowest BCUT2D eigenvalue weighted by molar-refractivity contribution is 0.405. The fraction of sp³-hybridized carbons (Fsp3) is 0.273. The van der Waals surface area contributed by atoms with Gasteiger partial charge < -0.3 is 14.7 Å². The number of para-hydroxylation sites is 2. The van der Waals surface area contributed by atoms with E-state index in [2.05, 4.69) is 105 Å². The maximum atomic E-state index is 11.0. The Balaban J connectivity index is 1.79. The van der Waals surface area contributed by atoms with Crippen LogP contribution in [0.2, 0.25) is 0 Å². The first-order valence-electron chi connectivity index (χ1n) is 13.1. The standard InChI is InChI=1S/C33H38NO2P/c1-5-21-33(6-2,30-23-29(36-4)18-19-31(30)35)37-32-20-17-25(3)22-26(32)24-34(27-13-9-7-10-14-27)28-15-11-8-12-16-28/h7-20,22-23,35,37H,5-6,21,24H2,1-4H3. The Kier molecular flexibility index (Phi) is 8.90. The summed E-state index contributed by atoms with van der Waals surface area (Å²) in [6.45, 7) is 7.41. The first-order chi connectivity index (χ1) is 18.0. The molecule has 0 aromatic heterocycles. The third-order valence-corrected chi connectivity index (χ3v) is 9.21. The van der Waals surface area contributed by atoms with Gasteiger partial charge in [-0.1, -0.05) is 89.0 Å². The van der Waals surface area contributed by atoms with Crippen molar-refractivity contribution in [2.24, 2.45) is 0 Å². The van der Waals surface area contributed by atoms with Crippen LogP contribution in [0.15, 0.2) is 97.1 Å². The summed E-state index contributed by atoms with van der Waals surface area (Å²) in [5.74, 6) is 1.14. The van der Waals surface area contributed by atoms with E-state index in [4.69, 9.17) is 4.74 Å². The van der Waals surface area contributed by atoms with Gasteiger partial charge in [0.15, 0.2) is 0 Å². The Morgan fingerprint density at radius 2 is 1.49 bits per heavy atom. The molecule has 2 atom stereocenters. The molecule has 0 aliphatic heterocycles. The molecule has 0 saturated heterocycles. The molecule has 0 saturated carbocycles. The second-order valence-electron chi connectivity index (χ2n) is 9.61. The van der Waals surface area contributed by atoms with Crippen molar-refractivity contribution in [3.8, 4) is 11.5 Å². The molecule has 37 heavy (non-hydrogen) atoms. The molecule has 2 unspecified atom stereocenters. The molecule has 4 heteroatoms. The lowest BCUT2D eigenvalue weighted by atomic mass is 9.90. The minimum Gasteiger partial charge on any atom is -0.508 e. The molecule has 192 valence electrons. The minimum atomic E-state index is -0.165. The van der Waals surface area contributed by atoms with Crippen molar-refractivity contribution in [2.45, 2.75) is 51.7 Å². The van der Waals surface area contributed by atoms with Gasteiger partial charge in [0.05, 0.1) is 7.11 Å². The Bertz CT molecular complexity index is 1250. The smallest absolute Gasteiger partial charge is 0.119 e. The molecule has 0 heterocycles. The Hall–Kier alpha value is -3.29. The minimum absolute atomic E-state index is 0.165. The fourth-order valence-electron chi connectivity index (χ4n) is 5.12. The largest absolute Gasteiger partial charge is 0.508 e. The molecule has 0 radical (unpaired) electrons. The molecule has 0 fully saturated rings. The number of aromatic hydroxyl groups is 1. The Morgan fingerprint density at radius 3 is 2.05 bits per heavy atom. The van der Waals surface area contributed by atoms with E-state index in [1.807, 2.05) is 12.1 Å². The van der Waals surface area contributed by atoms with Crippen LogP contribution in [0.1, 0.15) is 49.8 Å². The van der Waals surface area contributed by atoms with E-state index in [1.54, 1.807) is 13.2 Å². The van der Waals surface area contributed by atoms with Gasteiger partial charge in [-0.15, -0.1) is 0 Å². The van der Waals surface area contributed by atoms with Crippen LogP contribution in [-0.2, 0) is 11.7 Å². The van der Waals surface area contributed by atoms with Crippen LogP contribution in [0.5, 0.6) is 11.5 Å². The Labute approximate surface area is 223 Å². The van der Waals surface area contributed by atoms with Crippen molar-refractivity contribution < 1.29 is 9.84 Å². The number of ether oxygens (including phenoxy) is 1. The molecule has 0 amide bonds. The van der Waals surface area contributed by atoms with Gasteiger partial charge >= 0.3 is 0 Å². The molecule has 3 nitrogen and oxygen atoms in total. The third kappa shape index (κ3) is 6.17. The third-order valence-electron chi connectivity index (χ3n) is 7.10. The maximum Gasteiger partial charge on any atom is 0.119 e. The van der Waals surface area contributed by atoms with Gasteiger partial charge in [0, 0.05) is 28.6 Å². The molecule has 0 aliphatic rings. The van der Waals surface area contributed by atoms with Gasteiger partial charge in [-0.25, -0.2) is 0 Å². The number of methoxy groups -OCH3 is 1. The van der Waals surface area contributed by atoms with Gasteiger partial charge in [-0.2, -0.15) is 0 Å². The van der Waals surface area contributed by atoms with Crippen molar-refractivity contribution in [3.05, 3.63) is 114 Å². The normalized spacial score (nSPS) is 13.0. The van der Waals surface area contributed by atoms with Crippen LogP contribution in [0.3, 0.4) is 0 Å². The van der Waals surface area contributed by atoms with E-state index in [0.717, 1.165) is 37.1 Å². The highest BCUT2D eigenvalue weighted by Gasteiger charge is 2.34. The average molecular weight is 512 g/mol. The van der Waals surface area contributed by atoms with Crippen LogP contribution < -0.4 is 14.9 Å². The van der Waals surface area contributed by atoms with Gasteiger partial charge in [0.1, 0.15) is 11.5 Å². The molecular formula is C33H38NO2P. The van der Waals surface area contributed by atoms with Crippen molar-refractivity contribution >= 4 is 25.3 Å². The summed E-state index contributed by atoms with van der Waals surface area (Å²) >= 11 is 0. The Morgan fingerprint density at radius 1 is 0.838 bits per heavy atom. The summed E-state index contributed by atoms with van der Waals surface area (Å²) in [6, 6.07) is 33.7. The predicted molar refractivity (Wildman–Crippen MR) is 159 cm³/mol. The second kappa shape index (κ2) is 12.3. The van der Waals surface area contributed by atoms with E-state index in [-0.39, 0.29) is 5.16 Å². The number of hydrogen-bond donors (Lipinski definition) is 1. The van der Waals surface area contributed by atoms with Gasteiger partial charge in [0.25, 0.3) is 0 Å². The first kappa shape index (κ1) is 26.8. The summed E-state index contributed by atoms with van der Waals surface area (Å²) in [5.41, 5.74) is 5.91. The molecule has 4 aromatic rings. The van der Waals surface area contributed by atoms with Crippen LogP contribution in [0, 0.1) is 6.92 Å². The highest BCUT2D eigenvalue weighted by atomic mass is 31.1. The van der Waals surface area contributed by atoms with Gasteiger partial charge in [0.2, 0.25) is 0 Å². The number of phenolic OH excluding ortho intramolecular Hbond substituents is 1. The maximum absolute atomic E-state index is 11.0. The van der Waals surface area contributed by atoms with Crippen molar-refractivity contribution in [2.75, 3.05) is 12.0 Å². The molecule has 4 aromatic carbocycles. The lowest BCUT2D eigenvalue weighted by Gasteiger charge is -2.35. The second-order valence-corrected chi connectivity index (χ2v) is 11.4. The molecular weight excluding hydrogens is 473 g/mol. The molecule has 0 spiro atoms. The highest BCUT2D eigenvalue weighted by molar-refractivity contribution is 7.48. The van der Waals surface area contributed by atoms with Crippen molar-refractivity contribution in [1.29, 1.82) is 0 Å². The van der Waals surface area contributed by atoms with Crippen LogP contribution >= 0.6 is 8.58 Å². The summed E-state index contributed by atoms with van der Waals surface area (Å²) < 4.78 is 5.55. The van der Waals surface area contributed by atoms with Crippen LogP contribution in [0.4, 0.5) is 11.4 Å². The molecule has 0 bridgehead atoms. The number of benzene rings is 4. The lowest BCUT2D eigenvalue weighted by Crippen LogP contribution is -2.26. The van der Waals surface area contributed by atoms with E-state index >= 15 is 0 Å². The molecule has 4 rings (SSSR count). The zero-order chi connectivity index (χ0) is 26.3. The van der Waals surface area contributed by atoms with Gasteiger partial charge in [-0.05, 0) is 73.1 Å². The predicted octanol–water partition coefficient (Wildman–Crippen LogP) is 8.46. The van der Waals surface area contributed by atoms with E-state index in [0.29, 0.717) is 14.3 Å². The summed E-state index contributed by atoms with van der Waals surface area (Å²) in [4.78, 5) is 2.39. The summed E-state index contributed by atoms with van der Waals surface area (Å²) in [7, 11) is 2.20. The van der Waals surface area contributed by atoms with E-state index < -0.39 is 0 Å². The van der Waals surface area contributed by atoms with Crippen LogP contribution in [-0.4, -0.2) is 12.2 Å². The zero-order valence-corrected chi connectivity index (χ0v) is 23.4. The van der Waals surface area contributed by atoms with Crippen molar-refractivity contribution in [1.82, 2.24) is 0 Å². The summed E-state index contributed by atoms with van der Waals surface area (Å²) in [6.07, 6.45) is 2.98. The van der Waals surface area contributed by atoms with Gasteiger partial charge in [-0.3, -0.25) is 0 Å². The zero-order valence-electron chi connectivity index (χ0n) is 22.4. The van der Waals surface area contributed by atoms with E-state index in [9.17, 15) is 5.11 Å².